The van der Waals surface area contributed by atoms with Gasteiger partial charge in [0.25, 0.3) is 5.91 Å². The van der Waals surface area contributed by atoms with Crippen LogP contribution in [0.1, 0.15) is 36.7 Å². The molecule has 20 heavy (non-hydrogen) atoms. The van der Waals surface area contributed by atoms with Crippen LogP contribution in [0.3, 0.4) is 0 Å². The molecule has 2 heterocycles. The van der Waals surface area contributed by atoms with Gasteiger partial charge in [0.15, 0.2) is 0 Å². The van der Waals surface area contributed by atoms with Gasteiger partial charge in [-0.05, 0) is 31.2 Å². The molecule has 1 N–H and O–H groups in total. The molecule has 1 aliphatic heterocycles. The first-order chi connectivity index (χ1) is 9.65. The number of hydrogen-bond acceptors (Lipinski definition) is 4. The number of piperidine rings is 1. The minimum absolute atomic E-state index is 0.0617. The molecule has 0 aromatic carbocycles. The van der Waals surface area contributed by atoms with E-state index in [-0.39, 0.29) is 12.0 Å². The molecule has 0 aliphatic carbocycles. The Morgan fingerprint density at radius 1 is 1.55 bits per heavy atom. The zero-order valence-corrected chi connectivity index (χ0v) is 12.1. The average Bonchev–Trinajstić information content (AvgIpc) is 2.53. The number of hydrogen-bond donors (Lipinski definition) is 1. The fourth-order valence-corrected chi connectivity index (χ4v) is 2.64. The van der Waals surface area contributed by atoms with Crippen molar-refractivity contribution in [2.24, 2.45) is 5.92 Å². The summed E-state index contributed by atoms with van der Waals surface area (Å²) in [5.41, 5.74) is 0.416. The summed E-state index contributed by atoms with van der Waals surface area (Å²) in [7, 11) is 1.57. The van der Waals surface area contributed by atoms with Crippen molar-refractivity contribution in [1.82, 2.24) is 9.88 Å². The maximum Gasteiger partial charge on any atom is 0.272 e. The Morgan fingerprint density at radius 2 is 2.25 bits per heavy atom. The van der Waals surface area contributed by atoms with E-state index in [0.717, 1.165) is 19.3 Å². The van der Waals surface area contributed by atoms with Crippen LogP contribution in [0.4, 0.5) is 0 Å². The van der Waals surface area contributed by atoms with Gasteiger partial charge in [-0.15, -0.1) is 0 Å². The predicted octanol–water partition coefficient (Wildman–Crippen LogP) is 1.71. The summed E-state index contributed by atoms with van der Waals surface area (Å²) in [6.45, 7) is 3.35. The third-order valence-corrected chi connectivity index (χ3v) is 3.98. The Balaban J connectivity index is 1.97. The van der Waals surface area contributed by atoms with Crippen LogP contribution >= 0.6 is 0 Å². The number of aliphatic hydroxyl groups excluding tert-OH is 1. The lowest BCUT2D eigenvalue weighted by Gasteiger charge is -2.33. The van der Waals surface area contributed by atoms with E-state index in [4.69, 9.17) is 4.74 Å². The van der Waals surface area contributed by atoms with Crippen molar-refractivity contribution >= 4 is 5.91 Å². The summed E-state index contributed by atoms with van der Waals surface area (Å²) in [5, 5.41) is 9.86. The highest BCUT2D eigenvalue weighted by Gasteiger charge is 2.27. The van der Waals surface area contributed by atoms with E-state index in [0.29, 0.717) is 30.5 Å². The number of aliphatic hydroxyl groups is 1. The number of likely N-dealkylation sites (tertiary alicyclic amines) is 1. The zero-order valence-electron chi connectivity index (χ0n) is 12.1. The van der Waals surface area contributed by atoms with Crippen molar-refractivity contribution in [1.29, 1.82) is 0 Å². The molecule has 0 spiro atoms. The quantitative estimate of drug-likeness (QED) is 0.910. The van der Waals surface area contributed by atoms with Crippen molar-refractivity contribution in [3.63, 3.8) is 0 Å². The third-order valence-electron chi connectivity index (χ3n) is 3.98. The van der Waals surface area contributed by atoms with Gasteiger partial charge < -0.3 is 14.7 Å². The van der Waals surface area contributed by atoms with Gasteiger partial charge in [0, 0.05) is 25.4 Å². The second-order valence-electron chi connectivity index (χ2n) is 5.19. The highest BCUT2D eigenvalue weighted by atomic mass is 16.5. The van der Waals surface area contributed by atoms with Gasteiger partial charge in [0.2, 0.25) is 0 Å². The molecule has 1 aliphatic rings. The van der Waals surface area contributed by atoms with Crippen LogP contribution in [0.2, 0.25) is 0 Å². The topological polar surface area (TPSA) is 62.7 Å². The first-order valence-electron chi connectivity index (χ1n) is 7.13. The van der Waals surface area contributed by atoms with Crippen molar-refractivity contribution in [2.75, 3.05) is 20.2 Å². The highest BCUT2D eigenvalue weighted by Crippen LogP contribution is 2.23. The van der Waals surface area contributed by atoms with Crippen LogP contribution in [0, 0.1) is 5.92 Å². The second kappa shape index (κ2) is 6.70. The maximum absolute atomic E-state index is 12.4. The first-order valence-corrected chi connectivity index (χ1v) is 7.13. The van der Waals surface area contributed by atoms with E-state index in [1.165, 1.54) is 0 Å². The standard InChI is InChI=1S/C15H22N2O3/c1-3-14(18)11-5-8-17(9-6-11)15(19)13-10-12(20-2)4-7-16-13/h4,7,10-11,14,18H,3,5-6,8-9H2,1-2H3/t14-/m1/s1. The smallest absolute Gasteiger partial charge is 0.272 e. The van der Waals surface area contributed by atoms with Gasteiger partial charge in [-0.1, -0.05) is 6.92 Å². The molecule has 1 amide bonds. The molecule has 0 unspecified atom stereocenters. The summed E-state index contributed by atoms with van der Waals surface area (Å²) in [6.07, 6.45) is 3.81. The molecular formula is C15H22N2O3. The molecule has 1 fully saturated rings. The molecule has 0 bridgehead atoms. The number of ether oxygens (including phenoxy) is 1. The van der Waals surface area contributed by atoms with E-state index in [2.05, 4.69) is 4.98 Å². The van der Waals surface area contributed by atoms with Gasteiger partial charge in [0.05, 0.1) is 13.2 Å². The largest absolute Gasteiger partial charge is 0.497 e. The van der Waals surface area contributed by atoms with Crippen LogP contribution in [0.25, 0.3) is 0 Å². The molecule has 5 nitrogen and oxygen atoms in total. The van der Waals surface area contributed by atoms with Gasteiger partial charge in [0.1, 0.15) is 11.4 Å². The number of aromatic nitrogens is 1. The molecule has 5 heteroatoms. The van der Waals surface area contributed by atoms with Crippen LogP contribution in [0.5, 0.6) is 5.75 Å². The molecule has 0 saturated carbocycles. The SMILES string of the molecule is CC[C@@H](O)C1CCN(C(=O)c2cc(OC)ccn2)CC1. The Bertz CT molecular complexity index is 456. The van der Waals surface area contributed by atoms with E-state index in [9.17, 15) is 9.90 Å². The van der Waals surface area contributed by atoms with E-state index >= 15 is 0 Å². The molecule has 1 saturated heterocycles. The summed E-state index contributed by atoms with van der Waals surface area (Å²) < 4.78 is 5.11. The molecule has 1 aromatic rings. The minimum atomic E-state index is -0.248. The number of amides is 1. The number of carbonyl (C=O) groups is 1. The Morgan fingerprint density at radius 3 is 2.85 bits per heavy atom. The fourth-order valence-electron chi connectivity index (χ4n) is 2.64. The average molecular weight is 278 g/mol. The lowest BCUT2D eigenvalue weighted by Crippen LogP contribution is -2.41. The maximum atomic E-state index is 12.4. The van der Waals surface area contributed by atoms with Crippen LogP contribution in [-0.2, 0) is 0 Å². The number of carbonyl (C=O) groups excluding carboxylic acids is 1. The summed E-state index contributed by atoms with van der Waals surface area (Å²) in [6, 6.07) is 3.38. The van der Waals surface area contributed by atoms with Crippen molar-refractivity contribution in [2.45, 2.75) is 32.3 Å². The predicted molar refractivity (Wildman–Crippen MR) is 75.7 cm³/mol. The van der Waals surface area contributed by atoms with Crippen molar-refractivity contribution in [3.05, 3.63) is 24.0 Å². The number of rotatable bonds is 4. The van der Waals surface area contributed by atoms with E-state index in [1.807, 2.05) is 6.92 Å². The van der Waals surface area contributed by atoms with E-state index in [1.54, 1.807) is 30.3 Å². The Labute approximate surface area is 119 Å². The van der Waals surface area contributed by atoms with Gasteiger partial charge in [-0.25, -0.2) is 0 Å². The van der Waals surface area contributed by atoms with Crippen LogP contribution < -0.4 is 4.74 Å². The van der Waals surface area contributed by atoms with Gasteiger partial charge in [-0.2, -0.15) is 0 Å². The number of methoxy groups -OCH3 is 1. The molecule has 110 valence electrons. The number of nitrogens with zero attached hydrogens (tertiary/aromatic N) is 2. The molecular weight excluding hydrogens is 256 g/mol. The lowest BCUT2D eigenvalue weighted by molar-refractivity contribution is 0.0450. The highest BCUT2D eigenvalue weighted by molar-refractivity contribution is 5.92. The van der Waals surface area contributed by atoms with Gasteiger partial charge in [-0.3, -0.25) is 9.78 Å². The van der Waals surface area contributed by atoms with Crippen molar-refractivity contribution < 1.29 is 14.6 Å². The van der Waals surface area contributed by atoms with Crippen LogP contribution in [0.15, 0.2) is 18.3 Å². The van der Waals surface area contributed by atoms with Crippen LogP contribution in [-0.4, -0.2) is 47.2 Å². The molecule has 0 radical (unpaired) electrons. The van der Waals surface area contributed by atoms with Crippen molar-refractivity contribution in [3.8, 4) is 5.75 Å². The number of pyridine rings is 1. The zero-order chi connectivity index (χ0) is 14.5. The molecule has 1 atom stereocenters. The molecule has 2 rings (SSSR count). The Hall–Kier alpha value is -1.62. The summed E-state index contributed by atoms with van der Waals surface area (Å²) in [5.74, 6) is 0.885. The van der Waals surface area contributed by atoms with E-state index < -0.39 is 0 Å². The van der Waals surface area contributed by atoms with Gasteiger partial charge >= 0.3 is 0 Å². The fraction of sp³-hybridized carbons (Fsp3) is 0.600. The summed E-state index contributed by atoms with van der Waals surface area (Å²) in [4.78, 5) is 18.3. The minimum Gasteiger partial charge on any atom is -0.497 e. The second-order valence-corrected chi connectivity index (χ2v) is 5.19. The Kier molecular flexibility index (Phi) is 4.95. The molecule has 1 aromatic heterocycles. The lowest BCUT2D eigenvalue weighted by atomic mass is 9.90. The normalized spacial score (nSPS) is 17.9. The first kappa shape index (κ1) is 14.8. The third kappa shape index (κ3) is 3.28. The monoisotopic (exact) mass is 278 g/mol. The summed E-state index contributed by atoms with van der Waals surface area (Å²) >= 11 is 0.